The van der Waals surface area contributed by atoms with Crippen molar-refractivity contribution in [3.05, 3.63) is 85.5 Å². The molecule has 0 spiro atoms. The lowest BCUT2D eigenvalue weighted by molar-refractivity contribution is -0.151. The highest BCUT2D eigenvalue weighted by Crippen LogP contribution is 2.48. The maximum atomic E-state index is 14.2. The third kappa shape index (κ3) is 8.74. The molecule has 1 saturated heterocycles. The van der Waals surface area contributed by atoms with Gasteiger partial charge in [-0.2, -0.15) is 0 Å². The van der Waals surface area contributed by atoms with Crippen molar-refractivity contribution in [1.29, 1.82) is 0 Å². The molecule has 226 valence electrons. The highest BCUT2D eigenvalue weighted by atomic mass is 32.2. The fourth-order valence-electron chi connectivity index (χ4n) is 5.21. The van der Waals surface area contributed by atoms with Crippen LogP contribution in [-0.2, 0) is 23.8 Å². The topological polar surface area (TPSA) is 84.9 Å². The number of esters is 1. The number of allylic oxidation sites excluding steroid dienone is 1. The van der Waals surface area contributed by atoms with E-state index >= 15 is 0 Å². The Balaban J connectivity index is 1.95. The SMILES string of the molecule is C=CCCCCC(NC(=O)OC(C)(C)C)C(=O)N1C[C@](SCC=C)(c2ccc(-c3ccccc3)cc2)C[C@H]1C(=O)OC. The molecule has 42 heavy (non-hydrogen) atoms. The van der Waals surface area contributed by atoms with Crippen molar-refractivity contribution in [2.24, 2.45) is 0 Å². The smallest absolute Gasteiger partial charge is 0.408 e. The van der Waals surface area contributed by atoms with Crippen molar-refractivity contribution in [2.45, 2.75) is 75.3 Å². The molecule has 1 heterocycles. The van der Waals surface area contributed by atoms with Crippen molar-refractivity contribution in [1.82, 2.24) is 10.2 Å². The zero-order valence-electron chi connectivity index (χ0n) is 25.3. The Labute approximate surface area is 254 Å². The zero-order valence-corrected chi connectivity index (χ0v) is 26.1. The van der Waals surface area contributed by atoms with Crippen LogP contribution < -0.4 is 5.32 Å². The van der Waals surface area contributed by atoms with Gasteiger partial charge in [0.2, 0.25) is 5.91 Å². The lowest BCUT2D eigenvalue weighted by Crippen LogP contribution is -2.52. The summed E-state index contributed by atoms with van der Waals surface area (Å²) in [7, 11) is 1.34. The van der Waals surface area contributed by atoms with Gasteiger partial charge in [-0.05, 0) is 63.1 Å². The van der Waals surface area contributed by atoms with E-state index in [1.807, 2.05) is 30.4 Å². The van der Waals surface area contributed by atoms with Crippen LogP contribution in [0.5, 0.6) is 0 Å². The molecule has 3 rings (SSSR count). The Morgan fingerprint density at radius 1 is 1.05 bits per heavy atom. The van der Waals surface area contributed by atoms with Gasteiger partial charge in [0.25, 0.3) is 0 Å². The molecular weight excluding hydrogens is 548 g/mol. The first kappa shape index (κ1) is 33.0. The second-order valence-electron chi connectivity index (χ2n) is 11.5. The summed E-state index contributed by atoms with van der Waals surface area (Å²) in [6.07, 6.45) is 6.13. The van der Waals surface area contributed by atoms with Crippen molar-refractivity contribution >= 4 is 29.7 Å². The van der Waals surface area contributed by atoms with Gasteiger partial charge in [0.15, 0.2) is 0 Å². The Hall–Kier alpha value is -3.52. The number of nitrogens with zero attached hydrogens (tertiary/aromatic N) is 1. The van der Waals surface area contributed by atoms with E-state index in [4.69, 9.17) is 9.47 Å². The third-order valence-corrected chi connectivity index (χ3v) is 8.70. The molecule has 2 amide bonds. The van der Waals surface area contributed by atoms with E-state index in [0.29, 0.717) is 25.0 Å². The minimum atomic E-state index is -0.850. The second-order valence-corrected chi connectivity index (χ2v) is 12.9. The number of benzene rings is 2. The van der Waals surface area contributed by atoms with Gasteiger partial charge in [-0.1, -0.05) is 73.2 Å². The summed E-state index contributed by atoms with van der Waals surface area (Å²) in [6.45, 7) is 13.3. The van der Waals surface area contributed by atoms with Crippen LogP contribution in [0.15, 0.2) is 79.9 Å². The molecule has 0 radical (unpaired) electrons. The van der Waals surface area contributed by atoms with Crippen LogP contribution in [0.1, 0.15) is 58.4 Å². The van der Waals surface area contributed by atoms with Gasteiger partial charge in [0.05, 0.1) is 11.9 Å². The number of alkyl carbamates (subject to hydrolysis) is 1. The number of hydrogen-bond acceptors (Lipinski definition) is 6. The molecule has 3 atom stereocenters. The molecule has 0 aromatic heterocycles. The molecule has 0 aliphatic carbocycles. The van der Waals surface area contributed by atoms with Gasteiger partial charge in [-0.15, -0.1) is 24.9 Å². The predicted molar refractivity (Wildman–Crippen MR) is 170 cm³/mol. The largest absolute Gasteiger partial charge is 0.467 e. The number of amides is 2. The number of likely N-dealkylation sites (tertiary alicyclic amines) is 1. The van der Waals surface area contributed by atoms with Crippen LogP contribution in [0, 0.1) is 0 Å². The van der Waals surface area contributed by atoms with Crippen molar-refractivity contribution < 1.29 is 23.9 Å². The summed E-state index contributed by atoms with van der Waals surface area (Å²) < 4.78 is 10.1. The quantitative estimate of drug-likeness (QED) is 0.155. The summed E-state index contributed by atoms with van der Waals surface area (Å²) in [5.41, 5.74) is 2.49. The van der Waals surface area contributed by atoms with Crippen LogP contribution in [0.3, 0.4) is 0 Å². The number of nitrogens with one attached hydrogen (secondary N) is 1. The number of ether oxygens (including phenoxy) is 2. The number of hydrogen-bond donors (Lipinski definition) is 1. The third-order valence-electron chi connectivity index (χ3n) is 7.22. The summed E-state index contributed by atoms with van der Waals surface area (Å²) in [4.78, 5) is 41.6. The monoisotopic (exact) mass is 592 g/mol. The van der Waals surface area contributed by atoms with E-state index in [1.165, 1.54) is 7.11 Å². The van der Waals surface area contributed by atoms with Crippen molar-refractivity contribution in [3.8, 4) is 11.1 Å². The Morgan fingerprint density at radius 2 is 1.71 bits per heavy atom. The Bertz CT molecular complexity index is 1220. The molecule has 0 bridgehead atoms. The fraction of sp³-hybridized carbons (Fsp3) is 0.441. The molecule has 7 nitrogen and oxygen atoms in total. The number of carbonyl (C=O) groups excluding carboxylic acids is 3. The molecule has 2 aromatic carbocycles. The van der Waals surface area contributed by atoms with Crippen LogP contribution in [0.25, 0.3) is 11.1 Å². The molecule has 0 saturated carbocycles. The molecule has 1 aliphatic heterocycles. The molecule has 1 aliphatic rings. The van der Waals surface area contributed by atoms with Gasteiger partial charge in [-0.3, -0.25) is 4.79 Å². The Morgan fingerprint density at radius 3 is 2.31 bits per heavy atom. The molecule has 8 heteroatoms. The molecular formula is C34H44N2O5S. The van der Waals surface area contributed by atoms with Gasteiger partial charge in [0.1, 0.15) is 17.7 Å². The van der Waals surface area contributed by atoms with E-state index in [-0.39, 0.29) is 12.5 Å². The van der Waals surface area contributed by atoms with Crippen LogP contribution in [-0.4, -0.2) is 60.0 Å². The average molecular weight is 593 g/mol. The maximum absolute atomic E-state index is 14.2. The first-order chi connectivity index (χ1) is 20.0. The molecule has 1 unspecified atom stereocenters. The molecule has 2 aromatic rings. The van der Waals surface area contributed by atoms with E-state index in [9.17, 15) is 14.4 Å². The van der Waals surface area contributed by atoms with Crippen LogP contribution in [0.2, 0.25) is 0 Å². The predicted octanol–water partition coefficient (Wildman–Crippen LogP) is 6.88. The van der Waals surface area contributed by atoms with E-state index in [2.05, 4.69) is 54.9 Å². The second kappa shape index (κ2) is 15.1. The van der Waals surface area contributed by atoms with E-state index < -0.39 is 34.5 Å². The summed E-state index contributed by atoms with van der Waals surface area (Å²) >= 11 is 1.65. The molecule has 1 N–H and O–H groups in total. The minimum Gasteiger partial charge on any atom is -0.467 e. The summed E-state index contributed by atoms with van der Waals surface area (Å²) in [6, 6.07) is 16.8. The van der Waals surface area contributed by atoms with E-state index in [1.54, 1.807) is 37.4 Å². The number of unbranched alkanes of at least 4 members (excludes halogenated alkanes) is 2. The van der Waals surface area contributed by atoms with Gasteiger partial charge in [-0.25, -0.2) is 9.59 Å². The number of rotatable bonds is 13. The molecule has 1 fully saturated rings. The van der Waals surface area contributed by atoms with Crippen molar-refractivity contribution in [2.75, 3.05) is 19.4 Å². The first-order valence-corrected chi connectivity index (χ1v) is 15.4. The highest BCUT2D eigenvalue weighted by Gasteiger charge is 2.51. The Kier molecular flexibility index (Phi) is 11.9. The highest BCUT2D eigenvalue weighted by molar-refractivity contribution is 8.00. The van der Waals surface area contributed by atoms with Crippen LogP contribution >= 0.6 is 11.8 Å². The standard InChI is InChI=1S/C34H44N2O5S/c1-7-9-10-14-17-28(35-32(39)41-33(3,4)5)30(37)36-24-34(42-22-8-2,23-29(36)31(38)40-6)27-20-18-26(19-21-27)25-15-12-11-13-16-25/h7-8,11-13,15-16,18-21,28-29H,1-2,9-10,14,17,22-24H2,3-6H3,(H,35,39)/t28?,29-,34-/m0/s1. The van der Waals surface area contributed by atoms with Crippen molar-refractivity contribution in [3.63, 3.8) is 0 Å². The maximum Gasteiger partial charge on any atom is 0.408 e. The van der Waals surface area contributed by atoms with E-state index in [0.717, 1.165) is 29.5 Å². The normalized spacial score (nSPS) is 19.0. The number of carbonyl (C=O) groups is 3. The van der Waals surface area contributed by atoms with Gasteiger partial charge < -0.3 is 19.7 Å². The van der Waals surface area contributed by atoms with Crippen LogP contribution in [0.4, 0.5) is 4.79 Å². The zero-order chi connectivity index (χ0) is 30.8. The summed E-state index contributed by atoms with van der Waals surface area (Å²) in [5.74, 6) is -0.165. The average Bonchev–Trinajstić information content (AvgIpc) is 3.37. The number of methoxy groups -OCH3 is 1. The lowest BCUT2D eigenvalue weighted by Gasteiger charge is -2.31. The minimum absolute atomic E-state index is 0.286. The van der Waals surface area contributed by atoms with Gasteiger partial charge in [0, 0.05) is 12.3 Å². The number of thioether (sulfide) groups is 1. The van der Waals surface area contributed by atoms with Gasteiger partial charge >= 0.3 is 12.1 Å². The fourth-order valence-corrected chi connectivity index (χ4v) is 6.45. The summed E-state index contributed by atoms with van der Waals surface area (Å²) in [5, 5.41) is 2.79. The first-order valence-electron chi connectivity index (χ1n) is 14.4. The lowest BCUT2D eigenvalue weighted by atomic mass is 9.93.